The van der Waals surface area contributed by atoms with Crippen molar-refractivity contribution >= 4 is 5.69 Å². The second kappa shape index (κ2) is 6.40. The zero-order valence-electron chi connectivity index (χ0n) is 12.2. The number of methoxy groups -OCH3 is 1. The van der Waals surface area contributed by atoms with Crippen LogP contribution in [0.5, 0.6) is 0 Å². The summed E-state index contributed by atoms with van der Waals surface area (Å²) in [4.78, 5) is 2.35. The van der Waals surface area contributed by atoms with Gasteiger partial charge in [0, 0.05) is 31.5 Å². The minimum Gasteiger partial charge on any atom is -0.388 e. The fourth-order valence-electron chi connectivity index (χ4n) is 2.84. The van der Waals surface area contributed by atoms with Crippen molar-refractivity contribution in [3.63, 3.8) is 0 Å². The fraction of sp³-hybridized carbons (Fsp3) is 0.625. The van der Waals surface area contributed by atoms with E-state index in [-0.39, 0.29) is 12.2 Å². The maximum absolute atomic E-state index is 10.2. The summed E-state index contributed by atoms with van der Waals surface area (Å²) in [5.41, 5.74) is 2.19. The first kappa shape index (κ1) is 14.4. The van der Waals surface area contributed by atoms with Gasteiger partial charge in [-0.1, -0.05) is 32.0 Å². The van der Waals surface area contributed by atoms with E-state index >= 15 is 0 Å². The Balaban J connectivity index is 2.22. The first-order chi connectivity index (χ1) is 9.17. The van der Waals surface area contributed by atoms with E-state index in [2.05, 4.69) is 17.9 Å². The number of nitrogens with zero attached hydrogens (tertiary/aromatic N) is 1. The number of para-hydroxylation sites is 1. The van der Waals surface area contributed by atoms with Crippen molar-refractivity contribution in [2.75, 3.05) is 25.1 Å². The number of benzene rings is 1. The summed E-state index contributed by atoms with van der Waals surface area (Å²) in [6, 6.07) is 8.18. The highest BCUT2D eigenvalue weighted by Gasteiger charge is 2.27. The summed E-state index contributed by atoms with van der Waals surface area (Å²) in [6.45, 7) is 6.20. The van der Waals surface area contributed by atoms with Gasteiger partial charge in [-0.15, -0.1) is 0 Å². The quantitative estimate of drug-likeness (QED) is 0.906. The van der Waals surface area contributed by atoms with Crippen LogP contribution in [0.4, 0.5) is 5.69 Å². The largest absolute Gasteiger partial charge is 0.388 e. The molecule has 0 spiro atoms. The Labute approximate surface area is 116 Å². The number of aliphatic hydroxyl groups is 1. The fourth-order valence-corrected chi connectivity index (χ4v) is 2.84. The molecular weight excluding hydrogens is 238 g/mol. The molecule has 1 aromatic carbocycles. The lowest BCUT2D eigenvalue weighted by Gasteiger charge is -2.38. The summed E-state index contributed by atoms with van der Waals surface area (Å²) in [6.07, 6.45) is 1.78. The molecule has 1 heterocycles. The van der Waals surface area contributed by atoms with Crippen LogP contribution in [-0.2, 0) is 4.74 Å². The number of hydrogen-bond acceptors (Lipinski definition) is 3. The average molecular weight is 263 g/mol. The SMILES string of the molecule is CC[C@H](O)c1ccccc1N1CCC(C)C(OC)C1. The lowest BCUT2D eigenvalue weighted by Crippen LogP contribution is -2.44. The first-order valence-corrected chi connectivity index (χ1v) is 7.22. The third-order valence-corrected chi connectivity index (χ3v) is 4.22. The highest BCUT2D eigenvalue weighted by atomic mass is 16.5. The highest BCUT2D eigenvalue weighted by Crippen LogP contribution is 2.31. The van der Waals surface area contributed by atoms with Crippen molar-refractivity contribution in [1.82, 2.24) is 0 Å². The summed E-state index contributed by atoms with van der Waals surface area (Å²) in [5, 5.41) is 10.2. The van der Waals surface area contributed by atoms with E-state index in [0.717, 1.165) is 37.2 Å². The molecule has 0 radical (unpaired) electrons. The lowest BCUT2D eigenvalue weighted by molar-refractivity contribution is 0.0496. The van der Waals surface area contributed by atoms with Gasteiger partial charge in [-0.3, -0.25) is 0 Å². The molecule has 1 N–H and O–H groups in total. The minimum absolute atomic E-state index is 0.278. The second-order valence-electron chi connectivity index (χ2n) is 5.47. The standard InChI is InChI=1S/C16H25NO2/c1-4-15(18)13-7-5-6-8-14(13)17-10-9-12(2)16(11-17)19-3/h5-8,12,15-16,18H,4,9-11H2,1-3H3/t12?,15-,16?/m0/s1. The summed E-state index contributed by atoms with van der Waals surface area (Å²) in [5.74, 6) is 0.601. The van der Waals surface area contributed by atoms with E-state index in [1.165, 1.54) is 0 Å². The van der Waals surface area contributed by atoms with E-state index in [1.54, 1.807) is 7.11 Å². The van der Waals surface area contributed by atoms with Gasteiger partial charge in [0.05, 0.1) is 12.2 Å². The monoisotopic (exact) mass is 263 g/mol. The third-order valence-electron chi connectivity index (χ3n) is 4.22. The van der Waals surface area contributed by atoms with Gasteiger partial charge in [-0.05, 0) is 24.8 Å². The second-order valence-corrected chi connectivity index (χ2v) is 5.47. The molecule has 106 valence electrons. The summed E-state index contributed by atoms with van der Waals surface area (Å²) in [7, 11) is 1.79. The molecule has 1 saturated heterocycles. The highest BCUT2D eigenvalue weighted by molar-refractivity contribution is 5.55. The average Bonchev–Trinajstić information content (AvgIpc) is 2.47. The van der Waals surface area contributed by atoms with Crippen LogP contribution < -0.4 is 4.90 Å². The van der Waals surface area contributed by atoms with Crippen molar-refractivity contribution < 1.29 is 9.84 Å². The normalized spacial score (nSPS) is 25.4. The molecule has 0 aliphatic carbocycles. The van der Waals surface area contributed by atoms with Crippen molar-refractivity contribution in [3.8, 4) is 0 Å². The van der Waals surface area contributed by atoms with Crippen LogP contribution in [0.1, 0.15) is 38.4 Å². The maximum Gasteiger partial charge on any atom is 0.0807 e. The summed E-state index contributed by atoms with van der Waals surface area (Å²) < 4.78 is 5.58. The Bertz CT molecular complexity index is 407. The van der Waals surface area contributed by atoms with Gasteiger partial charge >= 0.3 is 0 Å². The molecule has 1 aliphatic rings. The number of aliphatic hydroxyl groups excluding tert-OH is 1. The molecule has 0 bridgehead atoms. The van der Waals surface area contributed by atoms with Gasteiger partial charge in [-0.2, -0.15) is 0 Å². The predicted octanol–water partition coefficient (Wildman–Crippen LogP) is 2.99. The van der Waals surface area contributed by atoms with E-state index in [4.69, 9.17) is 4.74 Å². The zero-order chi connectivity index (χ0) is 13.8. The van der Waals surface area contributed by atoms with Gasteiger partial charge in [0.25, 0.3) is 0 Å². The molecule has 0 amide bonds. The number of rotatable bonds is 4. The minimum atomic E-state index is -0.378. The molecule has 0 saturated carbocycles. The van der Waals surface area contributed by atoms with E-state index < -0.39 is 0 Å². The van der Waals surface area contributed by atoms with Crippen LogP contribution in [0, 0.1) is 5.92 Å². The third kappa shape index (κ3) is 3.10. The molecule has 3 atom stereocenters. The van der Waals surface area contributed by atoms with Crippen LogP contribution in [0.2, 0.25) is 0 Å². The Kier molecular flexibility index (Phi) is 4.83. The van der Waals surface area contributed by atoms with Gasteiger partial charge in [-0.25, -0.2) is 0 Å². The zero-order valence-corrected chi connectivity index (χ0v) is 12.2. The van der Waals surface area contributed by atoms with E-state index in [9.17, 15) is 5.11 Å². The number of anilines is 1. The molecule has 2 unspecified atom stereocenters. The smallest absolute Gasteiger partial charge is 0.0807 e. The number of ether oxygens (including phenoxy) is 1. The van der Waals surface area contributed by atoms with Crippen LogP contribution in [0.15, 0.2) is 24.3 Å². The maximum atomic E-state index is 10.2. The molecule has 3 heteroatoms. The number of piperidine rings is 1. The molecule has 3 nitrogen and oxygen atoms in total. The molecule has 1 aliphatic heterocycles. The van der Waals surface area contributed by atoms with Crippen LogP contribution in [-0.4, -0.2) is 31.4 Å². The Morgan fingerprint density at radius 2 is 2.16 bits per heavy atom. The predicted molar refractivity (Wildman–Crippen MR) is 78.5 cm³/mol. The topological polar surface area (TPSA) is 32.7 Å². The van der Waals surface area contributed by atoms with Crippen molar-refractivity contribution in [2.24, 2.45) is 5.92 Å². The lowest BCUT2D eigenvalue weighted by atomic mass is 9.94. The van der Waals surface area contributed by atoms with E-state index in [0.29, 0.717) is 5.92 Å². The van der Waals surface area contributed by atoms with Gasteiger partial charge < -0.3 is 14.7 Å². The van der Waals surface area contributed by atoms with Gasteiger partial charge in [0.1, 0.15) is 0 Å². The van der Waals surface area contributed by atoms with Crippen LogP contribution in [0.25, 0.3) is 0 Å². The molecule has 1 fully saturated rings. The van der Waals surface area contributed by atoms with Crippen molar-refractivity contribution in [3.05, 3.63) is 29.8 Å². The summed E-state index contributed by atoms with van der Waals surface area (Å²) >= 11 is 0. The van der Waals surface area contributed by atoms with Crippen LogP contribution >= 0.6 is 0 Å². The van der Waals surface area contributed by atoms with Crippen molar-refractivity contribution in [2.45, 2.75) is 38.9 Å². The van der Waals surface area contributed by atoms with E-state index in [1.807, 2.05) is 25.1 Å². The Hall–Kier alpha value is -1.06. The molecule has 2 rings (SSSR count). The molecular formula is C16H25NO2. The van der Waals surface area contributed by atoms with Gasteiger partial charge in [0.15, 0.2) is 0 Å². The number of hydrogen-bond donors (Lipinski definition) is 1. The Morgan fingerprint density at radius 1 is 1.42 bits per heavy atom. The van der Waals surface area contributed by atoms with Crippen molar-refractivity contribution in [1.29, 1.82) is 0 Å². The van der Waals surface area contributed by atoms with Crippen LogP contribution in [0.3, 0.4) is 0 Å². The first-order valence-electron chi connectivity index (χ1n) is 7.22. The molecule has 19 heavy (non-hydrogen) atoms. The Morgan fingerprint density at radius 3 is 2.84 bits per heavy atom. The molecule has 0 aromatic heterocycles. The molecule has 1 aromatic rings. The van der Waals surface area contributed by atoms with Gasteiger partial charge in [0.2, 0.25) is 0 Å².